The number of fused-ring (bicyclic) bond motifs is 1. The Morgan fingerprint density at radius 3 is 2.63 bits per heavy atom. The summed E-state index contributed by atoms with van der Waals surface area (Å²) < 4.78 is 15.1. The zero-order valence-corrected chi connectivity index (χ0v) is 13.3. The minimum Gasteiger partial charge on any atom is -0.383 e. The number of thiophene rings is 1. The van der Waals surface area contributed by atoms with Crippen molar-refractivity contribution in [2.75, 3.05) is 5.73 Å². The van der Waals surface area contributed by atoms with E-state index < -0.39 is 0 Å². The van der Waals surface area contributed by atoms with Crippen molar-refractivity contribution in [1.82, 2.24) is 9.97 Å². The molecule has 0 aliphatic heterocycles. The Morgan fingerprint density at radius 1 is 1.16 bits per heavy atom. The van der Waals surface area contributed by atoms with E-state index in [1.165, 1.54) is 23.5 Å². The lowest BCUT2D eigenvalue weighted by atomic mass is 10.2. The van der Waals surface area contributed by atoms with Gasteiger partial charge in [-0.1, -0.05) is 0 Å². The third-order valence-corrected chi connectivity index (χ3v) is 4.93. The Morgan fingerprint density at radius 2 is 1.95 bits per heavy atom. The van der Waals surface area contributed by atoms with Crippen molar-refractivity contribution in [2.45, 2.75) is 0 Å². The molecule has 3 aromatic rings. The molecular weight excluding hydrogens is 397 g/mol. The van der Waals surface area contributed by atoms with Crippen LogP contribution in [0.4, 0.5) is 10.2 Å². The Labute approximate surface area is 128 Å². The summed E-state index contributed by atoms with van der Waals surface area (Å²) >= 11 is 8.37. The molecule has 2 aromatic heterocycles. The number of rotatable bonds is 1. The number of hydrogen-bond donors (Lipinski definition) is 1. The highest BCUT2D eigenvalue weighted by molar-refractivity contribution is 9.12. The van der Waals surface area contributed by atoms with Gasteiger partial charge in [-0.05, 0) is 50.1 Å². The predicted octanol–water partition coefficient (Wildman–Crippen LogP) is 4.60. The summed E-state index contributed by atoms with van der Waals surface area (Å²) in [5, 5.41) is 0.649. The van der Waals surface area contributed by atoms with Gasteiger partial charge in [0.05, 0.1) is 13.1 Å². The van der Waals surface area contributed by atoms with Crippen molar-refractivity contribution >= 4 is 59.9 Å². The lowest BCUT2D eigenvalue weighted by Crippen LogP contribution is -1.97. The van der Waals surface area contributed by atoms with Crippen LogP contribution in [0.2, 0.25) is 0 Å². The van der Waals surface area contributed by atoms with Gasteiger partial charge in [0.2, 0.25) is 0 Å². The lowest BCUT2D eigenvalue weighted by Gasteiger charge is -2.04. The summed E-state index contributed by atoms with van der Waals surface area (Å²) in [4.78, 5) is 8.64. The number of aromatic nitrogens is 2. The van der Waals surface area contributed by atoms with Crippen molar-refractivity contribution in [3.05, 3.63) is 37.7 Å². The van der Waals surface area contributed by atoms with Crippen LogP contribution < -0.4 is 5.73 Å². The largest absolute Gasteiger partial charge is 0.383 e. The minimum absolute atomic E-state index is 0.342. The van der Waals surface area contributed by atoms with Gasteiger partial charge in [-0.3, -0.25) is 0 Å². The maximum Gasteiger partial charge on any atom is 0.164 e. The lowest BCUT2D eigenvalue weighted by molar-refractivity contribution is 0.629. The molecule has 1 aromatic carbocycles. The topological polar surface area (TPSA) is 51.8 Å². The second kappa shape index (κ2) is 4.81. The number of hydrogen-bond acceptors (Lipinski definition) is 4. The molecule has 0 saturated heterocycles. The zero-order valence-electron chi connectivity index (χ0n) is 9.32. The van der Waals surface area contributed by atoms with Crippen molar-refractivity contribution in [2.24, 2.45) is 0 Å². The third-order valence-electron chi connectivity index (χ3n) is 2.59. The third kappa shape index (κ3) is 2.37. The normalized spacial score (nSPS) is 11.1. The van der Waals surface area contributed by atoms with E-state index in [9.17, 15) is 4.39 Å². The first-order valence-corrected chi connectivity index (χ1v) is 7.63. The standard InChI is InChI=1S/C12H6Br2FN3S/c13-9-4-7(10(14)19-9)12-17-8-3-5(15)1-2-6(8)11(16)18-12/h1-4H,(H2,16,17,18). The first kappa shape index (κ1) is 13.0. The van der Waals surface area contributed by atoms with Crippen LogP contribution in [0.1, 0.15) is 0 Å². The summed E-state index contributed by atoms with van der Waals surface area (Å²) in [6.45, 7) is 0. The molecule has 0 spiro atoms. The fraction of sp³-hybridized carbons (Fsp3) is 0. The van der Waals surface area contributed by atoms with E-state index in [1.807, 2.05) is 6.07 Å². The van der Waals surface area contributed by atoms with Gasteiger partial charge in [-0.2, -0.15) is 0 Å². The summed E-state index contributed by atoms with van der Waals surface area (Å²) in [5.74, 6) is 0.473. The summed E-state index contributed by atoms with van der Waals surface area (Å²) in [5.41, 5.74) is 7.23. The molecule has 19 heavy (non-hydrogen) atoms. The number of anilines is 1. The van der Waals surface area contributed by atoms with E-state index in [1.54, 1.807) is 6.07 Å². The molecule has 0 aliphatic rings. The predicted molar refractivity (Wildman–Crippen MR) is 82.6 cm³/mol. The fourth-order valence-corrected chi connectivity index (χ4v) is 4.53. The molecule has 96 valence electrons. The molecule has 0 fully saturated rings. The molecule has 0 amide bonds. The van der Waals surface area contributed by atoms with Crippen LogP contribution in [-0.4, -0.2) is 9.97 Å². The monoisotopic (exact) mass is 401 g/mol. The van der Waals surface area contributed by atoms with Gasteiger partial charge >= 0.3 is 0 Å². The number of nitrogens with two attached hydrogens (primary N) is 1. The highest BCUT2D eigenvalue weighted by Gasteiger charge is 2.13. The molecule has 3 nitrogen and oxygen atoms in total. The van der Waals surface area contributed by atoms with Crippen LogP contribution in [0.15, 0.2) is 31.8 Å². The van der Waals surface area contributed by atoms with Crippen LogP contribution in [0.25, 0.3) is 22.3 Å². The maximum absolute atomic E-state index is 13.3. The van der Waals surface area contributed by atoms with E-state index in [4.69, 9.17) is 5.73 Å². The van der Waals surface area contributed by atoms with E-state index in [0.717, 1.165) is 13.1 Å². The average Bonchev–Trinajstić information content (AvgIpc) is 2.67. The zero-order chi connectivity index (χ0) is 13.6. The average molecular weight is 403 g/mol. The van der Waals surface area contributed by atoms with E-state index >= 15 is 0 Å². The van der Waals surface area contributed by atoms with Crippen LogP contribution in [0.3, 0.4) is 0 Å². The van der Waals surface area contributed by atoms with Gasteiger partial charge in [-0.25, -0.2) is 14.4 Å². The summed E-state index contributed by atoms with van der Waals surface area (Å²) in [7, 11) is 0. The molecular formula is C12H6Br2FN3S. The van der Waals surface area contributed by atoms with Gasteiger partial charge in [0.1, 0.15) is 11.6 Å². The quantitative estimate of drug-likeness (QED) is 0.646. The first-order valence-electron chi connectivity index (χ1n) is 5.22. The SMILES string of the molecule is Nc1nc(-c2cc(Br)sc2Br)nc2cc(F)ccc12. The molecule has 0 saturated carbocycles. The maximum atomic E-state index is 13.3. The van der Waals surface area contributed by atoms with Gasteiger partial charge in [-0.15, -0.1) is 11.3 Å². The molecule has 0 unspecified atom stereocenters. The van der Waals surface area contributed by atoms with Crippen molar-refractivity contribution < 1.29 is 4.39 Å². The van der Waals surface area contributed by atoms with E-state index in [-0.39, 0.29) is 5.82 Å². The minimum atomic E-state index is -0.345. The van der Waals surface area contributed by atoms with Crippen LogP contribution in [0, 0.1) is 5.82 Å². The molecule has 2 heterocycles. The highest BCUT2D eigenvalue weighted by Crippen LogP contribution is 2.38. The van der Waals surface area contributed by atoms with Gasteiger partial charge in [0.25, 0.3) is 0 Å². The number of benzene rings is 1. The molecule has 0 radical (unpaired) electrons. The highest BCUT2D eigenvalue weighted by atomic mass is 79.9. The smallest absolute Gasteiger partial charge is 0.164 e. The second-order valence-electron chi connectivity index (χ2n) is 3.83. The molecule has 3 rings (SSSR count). The molecule has 0 atom stereocenters. The Kier molecular flexibility index (Phi) is 3.28. The van der Waals surface area contributed by atoms with Gasteiger partial charge in [0, 0.05) is 17.0 Å². The second-order valence-corrected chi connectivity index (χ2v) is 7.58. The van der Waals surface area contributed by atoms with Gasteiger partial charge < -0.3 is 5.73 Å². The Bertz CT molecular complexity index is 788. The Hall–Kier alpha value is -1.05. The number of nitrogens with zero attached hydrogens (tertiary/aromatic N) is 2. The van der Waals surface area contributed by atoms with E-state index in [2.05, 4.69) is 41.8 Å². The van der Waals surface area contributed by atoms with Gasteiger partial charge in [0.15, 0.2) is 5.82 Å². The summed E-state index contributed by atoms with van der Waals surface area (Å²) in [6.07, 6.45) is 0. The fourth-order valence-electron chi connectivity index (χ4n) is 1.74. The number of nitrogen functional groups attached to an aromatic ring is 1. The van der Waals surface area contributed by atoms with Crippen molar-refractivity contribution in [1.29, 1.82) is 0 Å². The van der Waals surface area contributed by atoms with Crippen molar-refractivity contribution in [3.8, 4) is 11.4 Å². The van der Waals surface area contributed by atoms with Crippen LogP contribution in [-0.2, 0) is 0 Å². The van der Waals surface area contributed by atoms with Crippen LogP contribution in [0.5, 0.6) is 0 Å². The molecule has 2 N–H and O–H groups in total. The first-order chi connectivity index (χ1) is 9.04. The molecule has 7 heteroatoms. The summed E-state index contributed by atoms with van der Waals surface area (Å²) in [6, 6.07) is 6.18. The van der Waals surface area contributed by atoms with E-state index in [0.29, 0.717) is 22.5 Å². The molecule has 0 aliphatic carbocycles. The number of halogens is 3. The van der Waals surface area contributed by atoms with Crippen molar-refractivity contribution in [3.63, 3.8) is 0 Å². The Balaban J connectivity index is 2.28. The molecule has 0 bridgehead atoms. The van der Waals surface area contributed by atoms with Crippen LogP contribution >= 0.6 is 43.2 Å².